The first-order chi connectivity index (χ1) is 7.77. The van der Waals surface area contributed by atoms with E-state index in [1.165, 1.54) is 0 Å². The standard InChI is InChI=1S/C11H11N3O2/c1-7-2-3-9-10(8(7)6-13)11(14-16-9)15-5-4-12/h2-3H,4-5,12H2,1H3. The quantitative estimate of drug-likeness (QED) is 0.838. The minimum absolute atomic E-state index is 0.334. The van der Waals surface area contributed by atoms with Gasteiger partial charge in [-0.2, -0.15) is 5.26 Å². The number of aromatic nitrogens is 1. The molecule has 2 rings (SSSR count). The van der Waals surface area contributed by atoms with Crippen LogP contribution in [0.4, 0.5) is 0 Å². The maximum Gasteiger partial charge on any atom is 0.263 e. The fraction of sp³-hybridized carbons (Fsp3) is 0.273. The third kappa shape index (κ3) is 1.59. The lowest BCUT2D eigenvalue weighted by Crippen LogP contribution is -2.10. The zero-order chi connectivity index (χ0) is 11.5. The van der Waals surface area contributed by atoms with Gasteiger partial charge in [0.1, 0.15) is 18.1 Å². The average Bonchev–Trinajstić information content (AvgIpc) is 2.70. The number of aryl methyl sites for hydroxylation is 1. The molecule has 0 aliphatic rings. The van der Waals surface area contributed by atoms with Gasteiger partial charge in [-0.3, -0.25) is 0 Å². The Balaban J connectivity index is 2.60. The number of nitrogens with two attached hydrogens (primary N) is 1. The molecule has 0 fully saturated rings. The summed E-state index contributed by atoms with van der Waals surface area (Å²) in [5.74, 6) is 0.334. The van der Waals surface area contributed by atoms with Gasteiger partial charge in [0.15, 0.2) is 5.58 Å². The Bertz CT molecular complexity index is 554. The molecule has 0 amide bonds. The molecule has 0 aliphatic carbocycles. The van der Waals surface area contributed by atoms with Crippen molar-refractivity contribution in [1.82, 2.24) is 5.16 Å². The number of nitriles is 1. The number of hydrogen-bond donors (Lipinski definition) is 1. The molecule has 1 heterocycles. The molecular weight excluding hydrogens is 206 g/mol. The highest BCUT2D eigenvalue weighted by atomic mass is 16.5. The Kier molecular flexibility index (Phi) is 2.75. The van der Waals surface area contributed by atoms with Crippen molar-refractivity contribution in [3.63, 3.8) is 0 Å². The van der Waals surface area contributed by atoms with Crippen molar-refractivity contribution in [2.24, 2.45) is 5.73 Å². The van der Waals surface area contributed by atoms with Crippen LogP contribution >= 0.6 is 0 Å². The third-order valence-electron chi connectivity index (χ3n) is 2.28. The van der Waals surface area contributed by atoms with Crippen molar-refractivity contribution in [3.8, 4) is 11.9 Å². The molecule has 0 radical (unpaired) electrons. The van der Waals surface area contributed by atoms with Crippen LogP contribution in [0.15, 0.2) is 16.7 Å². The highest BCUT2D eigenvalue weighted by Gasteiger charge is 2.15. The third-order valence-corrected chi connectivity index (χ3v) is 2.28. The zero-order valence-electron chi connectivity index (χ0n) is 8.86. The number of benzene rings is 1. The maximum absolute atomic E-state index is 9.08. The fourth-order valence-electron chi connectivity index (χ4n) is 1.51. The monoisotopic (exact) mass is 217 g/mol. The van der Waals surface area contributed by atoms with Crippen LogP contribution in [0.3, 0.4) is 0 Å². The fourth-order valence-corrected chi connectivity index (χ4v) is 1.51. The van der Waals surface area contributed by atoms with E-state index in [0.717, 1.165) is 5.56 Å². The minimum atomic E-state index is 0.334. The average molecular weight is 217 g/mol. The molecule has 2 aromatic rings. The van der Waals surface area contributed by atoms with Crippen molar-refractivity contribution in [3.05, 3.63) is 23.3 Å². The molecule has 0 aliphatic heterocycles. The lowest BCUT2D eigenvalue weighted by Gasteiger charge is -2.01. The van der Waals surface area contributed by atoms with E-state index in [0.29, 0.717) is 35.6 Å². The second-order valence-electron chi connectivity index (χ2n) is 3.37. The van der Waals surface area contributed by atoms with Crippen molar-refractivity contribution in [2.45, 2.75) is 6.92 Å². The van der Waals surface area contributed by atoms with Crippen LogP contribution in [0.25, 0.3) is 11.0 Å². The molecule has 0 saturated carbocycles. The molecule has 82 valence electrons. The summed E-state index contributed by atoms with van der Waals surface area (Å²) in [6.07, 6.45) is 0. The molecule has 2 N–H and O–H groups in total. The van der Waals surface area contributed by atoms with Crippen molar-refractivity contribution in [1.29, 1.82) is 5.26 Å². The van der Waals surface area contributed by atoms with Gasteiger partial charge in [0, 0.05) is 6.54 Å². The van der Waals surface area contributed by atoms with E-state index < -0.39 is 0 Å². The summed E-state index contributed by atoms with van der Waals surface area (Å²) in [4.78, 5) is 0. The second-order valence-corrected chi connectivity index (χ2v) is 3.37. The second kappa shape index (κ2) is 4.21. The van der Waals surface area contributed by atoms with Crippen molar-refractivity contribution in [2.75, 3.05) is 13.2 Å². The van der Waals surface area contributed by atoms with E-state index in [-0.39, 0.29) is 0 Å². The van der Waals surface area contributed by atoms with E-state index in [2.05, 4.69) is 11.2 Å². The summed E-state index contributed by atoms with van der Waals surface area (Å²) in [5.41, 5.74) is 7.30. The van der Waals surface area contributed by atoms with Crippen LogP contribution < -0.4 is 10.5 Å². The predicted octanol–water partition coefficient (Wildman–Crippen LogP) is 1.35. The summed E-state index contributed by atoms with van der Waals surface area (Å²) in [6, 6.07) is 5.72. The lowest BCUT2D eigenvalue weighted by molar-refractivity contribution is 0.293. The molecule has 0 atom stereocenters. The molecule has 5 heteroatoms. The van der Waals surface area contributed by atoms with Gasteiger partial charge in [0.25, 0.3) is 5.88 Å². The van der Waals surface area contributed by atoms with E-state index in [9.17, 15) is 0 Å². The Morgan fingerprint density at radius 2 is 2.38 bits per heavy atom. The molecule has 1 aromatic carbocycles. The Morgan fingerprint density at radius 3 is 3.06 bits per heavy atom. The van der Waals surface area contributed by atoms with Crippen LogP contribution in [0.2, 0.25) is 0 Å². The van der Waals surface area contributed by atoms with Crippen LogP contribution in [0.1, 0.15) is 11.1 Å². The molecule has 0 bridgehead atoms. The first-order valence-electron chi connectivity index (χ1n) is 4.90. The maximum atomic E-state index is 9.08. The van der Waals surface area contributed by atoms with E-state index >= 15 is 0 Å². The summed E-state index contributed by atoms with van der Waals surface area (Å²) in [5, 5.41) is 13.5. The largest absolute Gasteiger partial charge is 0.474 e. The molecular formula is C11H11N3O2. The van der Waals surface area contributed by atoms with Gasteiger partial charge in [-0.15, -0.1) is 0 Å². The summed E-state index contributed by atoms with van der Waals surface area (Å²) in [7, 11) is 0. The van der Waals surface area contributed by atoms with Gasteiger partial charge in [0.2, 0.25) is 0 Å². The van der Waals surface area contributed by atoms with Gasteiger partial charge in [-0.25, -0.2) is 0 Å². The SMILES string of the molecule is Cc1ccc2onc(OCCN)c2c1C#N. The van der Waals surface area contributed by atoms with E-state index in [4.69, 9.17) is 20.3 Å². The highest BCUT2D eigenvalue weighted by molar-refractivity contribution is 5.89. The van der Waals surface area contributed by atoms with Gasteiger partial charge in [0.05, 0.1) is 5.56 Å². The molecule has 5 nitrogen and oxygen atoms in total. The Hall–Kier alpha value is -2.06. The minimum Gasteiger partial charge on any atom is -0.474 e. The number of nitrogens with zero attached hydrogens (tertiary/aromatic N) is 2. The van der Waals surface area contributed by atoms with Crippen molar-refractivity contribution >= 4 is 11.0 Å². The van der Waals surface area contributed by atoms with Gasteiger partial charge in [-0.05, 0) is 23.7 Å². The summed E-state index contributed by atoms with van der Waals surface area (Å²) < 4.78 is 10.4. The van der Waals surface area contributed by atoms with Crippen molar-refractivity contribution < 1.29 is 9.26 Å². The summed E-state index contributed by atoms with van der Waals surface area (Å²) in [6.45, 7) is 2.60. The normalized spacial score (nSPS) is 10.3. The first-order valence-corrected chi connectivity index (χ1v) is 4.90. The van der Waals surface area contributed by atoms with Gasteiger partial charge < -0.3 is 15.0 Å². The number of rotatable bonds is 3. The summed E-state index contributed by atoms with van der Waals surface area (Å²) >= 11 is 0. The number of fused-ring (bicyclic) bond motifs is 1. The Morgan fingerprint density at radius 1 is 1.56 bits per heavy atom. The van der Waals surface area contributed by atoms with Crippen LogP contribution in [-0.2, 0) is 0 Å². The van der Waals surface area contributed by atoms with Gasteiger partial charge >= 0.3 is 0 Å². The highest BCUT2D eigenvalue weighted by Crippen LogP contribution is 2.29. The number of ether oxygens (including phenoxy) is 1. The van der Waals surface area contributed by atoms with E-state index in [1.807, 2.05) is 13.0 Å². The topological polar surface area (TPSA) is 85.1 Å². The number of hydrogen-bond acceptors (Lipinski definition) is 5. The van der Waals surface area contributed by atoms with E-state index in [1.54, 1.807) is 6.07 Å². The predicted molar refractivity (Wildman–Crippen MR) is 58.0 cm³/mol. The smallest absolute Gasteiger partial charge is 0.263 e. The van der Waals surface area contributed by atoms with Crippen LogP contribution in [-0.4, -0.2) is 18.3 Å². The molecule has 1 aromatic heterocycles. The molecule has 0 unspecified atom stereocenters. The zero-order valence-corrected chi connectivity index (χ0v) is 8.86. The first kappa shape index (κ1) is 10.5. The van der Waals surface area contributed by atoms with Gasteiger partial charge in [-0.1, -0.05) is 6.07 Å². The van der Waals surface area contributed by atoms with Crippen LogP contribution in [0.5, 0.6) is 5.88 Å². The van der Waals surface area contributed by atoms with Crippen LogP contribution in [0, 0.1) is 18.3 Å². The molecule has 0 saturated heterocycles. The lowest BCUT2D eigenvalue weighted by atomic mass is 10.1. The Labute approximate surface area is 92.4 Å². The molecule has 16 heavy (non-hydrogen) atoms. The molecule has 0 spiro atoms.